The number of hydrogen-bond donors (Lipinski definition) is 1. The highest BCUT2D eigenvalue weighted by molar-refractivity contribution is 5.30. The highest BCUT2D eigenvalue weighted by Gasteiger charge is 2.12. The van der Waals surface area contributed by atoms with Crippen LogP contribution in [0.25, 0.3) is 0 Å². The van der Waals surface area contributed by atoms with Gasteiger partial charge in [0.15, 0.2) is 0 Å². The summed E-state index contributed by atoms with van der Waals surface area (Å²) in [6.07, 6.45) is 0. The smallest absolute Gasteiger partial charge is 0.127 e. The Morgan fingerprint density at radius 2 is 1.71 bits per heavy atom. The predicted molar refractivity (Wildman–Crippen MR) is 85.6 cm³/mol. The number of nitrogens with zero attached hydrogens (tertiary/aromatic N) is 1. The predicted octanol–water partition coefficient (Wildman–Crippen LogP) is 3.57. The van der Waals surface area contributed by atoms with Crippen molar-refractivity contribution >= 4 is 0 Å². The van der Waals surface area contributed by atoms with Crippen LogP contribution < -0.4 is 5.73 Å². The van der Waals surface area contributed by atoms with Crippen molar-refractivity contribution in [2.45, 2.75) is 26.4 Å². The molecule has 2 nitrogen and oxygen atoms in total. The monoisotopic (exact) mass is 286 g/mol. The zero-order valence-corrected chi connectivity index (χ0v) is 12.9. The van der Waals surface area contributed by atoms with Crippen LogP contribution in [0.15, 0.2) is 42.5 Å². The van der Waals surface area contributed by atoms with Crippen molar-refractivity contribution in [3.63, 3.8) is 0 Å². The van der Waals surface area contributed by atoms with Gasteiger partial charge in [-0.3, -0.25) is 0 Å². The summed E-state index contributed by atoms with van der Waals surface area (Å²) in [7, 11) is 1.97. The molecule has 0 amide bonds. The first-order valence-electron chi connectivity index (χ1n) is 7.21. The molecule has 0 spiro atoms. The van der Waals surface area contributed by atoms with Crippen LogP contribution in [0.2, 0.25) is 0 Å². The third kappa shape index (κ3) is 4.38. The summed E-state index contributed by atoms with van der Waals surface area (Å²) in [5.74, 6) is -0.163. The van der Waals surface area contributed by atoms with Crippen LogP contribution in [0.3, 0.4) is 0 Å². The summed E-state index contributed by atoms with van der Waals surface area (Å²) < 4.78 is 13.7. The molecule has 2 rings (SSSR count). The SMILES string of the molecule is Cc1cc(C)cc(C(N)CN(C)Cc2ccccc2F)c1. The molecule has 112 valence electrons. The topological polar surface area (TPSA) is 29.3 Å². The lowest BCUT2D eigenvalue weighted by atomic mass is 10.0. The molecule has 0 aliphatic heterocycles. The first-order chi connectivity index (χ1) is 9.95. The van der Waals surface area contributed by atoms with E-state index in [1.54, 1.807) is 6.07 Å². The quantitative estimate of drug-likeness (QED) is 0.910. The average molecular weight is 286 g/mol. The van der Waals surface area contributed by atoms with Crippen LogP contribution in [0, 0.1) is 19.7 Å². The van der Waals surface area contributed by atoms with Crippen LogP contribution in [0.1, 0.15) is 28.3 Å². The number of nitrogens with two attached hydrogens (primary N) is 1. The van der Waals surface area contributed by atoms with Gasteiger partial charge < -0.3 is 10.6 Å². The molecule has 0 saturated carbocycles. The number of likely N-dealkylation sites (N-methyl/N-ethyl adjacent to an activating group) is 1. The van der Waals surface area contributed by atoms with Crippen molar-refractivity contribution < 1.29 is 4.39 Å². The number of hydrogen-bond acceptors (Lipinski definition) is 2. The fourth-order valence-electron chi connectivity index (χ4n) is 2.65. The third-order valence-electron chi connectivity index (χ3n) is 3.58. The van der Waals surface area contributed by atoms with E-state index in [1.165, 1.54) is 17.2 Å². The van der Waals surface area contributed by atoms with Gasteiger partial charge in [0.05, 0.1) is 0 Å². The van der Waals surface area contributed by atoms with Gasteiger partial charge in [0.25, 0.3) is 0 Å². The van der Waals surface area contributed by atoms with Gasteiger partial charge in [-0.05, 0) is 32.5 Å². The van der Waals surface area contributed by atoms with Crippen molar-refractivity contribution in [2.24, 2.45) is 5.73 Å². The molecule has 3 heteroatoms. The normalized spacial score (nSPS) is 12.7. The molecule has 1 atom stereocenters. The maximum atomic E-state index is 13.7. The summed E-state index contributed by atoms with van der Waals surface area (Å²) >= 11 is 0. The molecular formula is C18H23FN2. The maximum Gasteiger partial charge on any atom is 0.127 e. The van der Waals surface area contributed by atoms with Crippen LogP contribution in [0.4, 0.5) is 4.39 Å². The lowest BCUT2D eigenvalue weighted by Gasteiger charge is -2.22. The molecule has 2 aromatic rings. The molecule has 0 aromatic heterocycles. The van der Waals surface area contributed by atoms with Gasteiger partial charge in [0.1, 0.15) is 5.82 Å². The molecule has 0 bridgehead atoms. The van der Waals surface area contributed by atoms with Crippen LogP contribution in [-0.4, -0.2) is 18.5 Å². The highest BCUT2D eigenvalue weighted by Crippen LogP contribution is 2.17. The van der Waals surface area contributed by atoms with E-state index < -0.39 is 0 Å². The molecule has 0 aliphatic rings. The summed E-state index contributed by atoms with van der Waals surface area (Å²) in [5.41, 5.74) is 10.6. The largest absolute Gasteiger partial charge is 0.323 e. The van der Waals surface area contributed by atoms with Crippen LogP contribution in [-0.2, 0) is 6.54 Å². The molecule has 2 N–H and O–H groups in total. The van der Waals surface area contributed by atoms with Crippen molar-refractivity contribution in [2.75, 3.05) is 13.6 Å². The average Bonchev–Trinajstić information content (AvgIpc) is 2.40. The second-order valence-corrected chi connectivity index (χ2v) is 5.82. The van der Waals surface area contributed by atoms with Crippen molar-refractivity contribution in [3.8, 4) is 0 Å². The van der Waals surface area contributed by atoms with E-state index in [0.29, 0.717) is 18.7 Å². The number of aryl methyl sites for hydroxylation is 2. The zero-order valence-electron chi connectivity index (χ0n) is 12.9. The molecule has 0 aliphatic carbocycles. The number of halogens is 1. The molecular weight excluding hydrogens is 263 g/mol. The lowest BCUT2D eigenvalue weighted by molar-refractivity contribution is 0.300. The summed E-state index contributed by atoms with van der Waals surface area (Å²) in [6.45, 7) is 5.40. The molecule has 0 saturated heterocycles. The molecule has 0 fully saturated rings. The minimum Gasteiger partial charge on any atom is -0.323 e. The standard InChI is InChI=1S/C18H23FN2/c1-13-8-14(2)10-16(9-13)18(20)12-21(3)11-15-6-4-5-7-17(15)19/h4-10,18H,11-12,20H2,1-3H3. The van der Waals surface area contributed by atoms with Gasteiger partial charge in [0, 0.05) is 24.7 Å². The Kier molecular flexibility index (Phi) is 5.10. The van der Waals surface area contributed by atoms with Crippen LogP contribution >= 0.6 is 0 Å². The minimum absolute atomic E-state index is 0.0691. The molecule has 21 heavy (non-hydrogen) atoms. The van der Waals surface area contributed by atoms with Gasteiger partial charge in [-0.2, -0.15) is 0 Å². The fourth-order valence-corrected chi connectivity index (χ4v) is 2.65. The Bertz CT molecular complexity index is 590. The Morgan fingerprint density at radius 3 is 2.33 bits per heavy atom. The van der Waals surface area contributed by atoms with E-state index in [9.17, 15) is 4.39 Å². The maximum absolute atomic E-state index is 13.7. The van der Waals surface area contributed by atoms with Gasteiger partial charge >= 0.3 is 0 Å². The second-order valence-electron chi connectivity index (χ2n) is 5.82. The summed E-state index contributed by atoms with van der Waals surface area (Å²) in [4.78, 5) is 2.06. The Labute approximate surface area is 126 Å². The fraction of sp³-hybridized carbons (Fsp3) is 0.333. The van der Waals surface area contributed by atoms with E-state index in [-0.39, 0.29) is 11.9 Å². The van der Waals surface area contributed by atoms with Crippen molar-refractivity contribution in [1.29, 1.82) is 0 Å². The highest BCUT2D eigenvalue weighted by atomic mass is 19.1. The first kappa shape index (κ1) is 15.7. The zero-order chi connectivity index (χ0) is 15.4. The van der Waals surface area contributed by atoms with Crippen molar-refractivity contribution in [3.05, 3.63) is 70.5 Å². The Balaban J connectivity index is 2.02. The third-order valence-corrected chi connectivity index (χ3v) is 3.58. The summed E-state index contributed by atoms with van der Waals surface area (Å²) in [6, 6.07) is 13.2. The molecule has 1 unspecified atom stereocenters. The number of rotatable bonds is 5. The Morgan fingerprint density at radius 1 is 1.10 bits per heavy atom. The molecule has 0 radical (unpaired) electrons. The molecule has 0 heterocycles. The number of benzene rings is 2. The van der Waals surface area contributed by atoms with E-state index in [2.05, 4.69) is 36.9 Å². The van der Waals surface area contributed by atoms with E-state index >= 15 is 0 Å². The van der Waals surface area contributed by atoms with E-state index in [1.807, 2.05) is 19.2 Å². The van der Waals surface area contributed by atoms with E-state index in [0.717, 1.165) is 5.56 Å². The minimum atomic E-state index is -0.163. The Hall–Kier alpha value is -1.71. The van der Waals surface area contributed by atoms with Gasteiger partial charge in [-0.15, -0.1) is 0 Å². The lowest BCUT2D eigenvalue weighted by Crippen LogP contribution is -2.29. The van der Waals surface area contributed by atoms with Gasteiger partial charge in [-0.1, -0.05) is 47.5 Å². The van der Waals surface area contributed by atoms with Crippen molar-refractivity contribution in [1.82, 2.24) is 4.90 Å². The van der Waals surface area contributed by atoms with Crippen LogP contribution in [0.5, 0.6) is 0 Å². The molecule has 2 aromatic carbocycles. The first-order valence-corrected chi connectivity index (χ1v) is 7.21. The van der Waals surface area contributed by atoms with Gasteiger partial charge in [0.2, 0.25) is 0 Å². The second kappa shape index (κ2) is 6.83. The van der Waals surface area contributed by atoms with E-state index in [4.69, 9.17) is 5.73 Å². The van der Waals surface area contributed by atoms with Gasteiger partial charge in [-0.25, -0.2) is 4.39 Å². The summed E-state index contributed by atoms with van der Waals surface area (Å²) in [5, 5.41) is 0.